The lowest BCUT2D eigenvalue weighted by molar-refractivity contribution is 0.168. The quantitative estimate of drug-likeness (QED) is 0.912. The molecule has 1 atom stereocenters. The molecule has 2 heterocycles. The van der Waals surface area contributed by atoms with Crippen LogP contribution >= 0.6 is 0 Å². The van der Waals surface area contributed by atoms with Gasteiger partial charge >= 0.3 is 0 Å². The summed E-state index contributed by atoms with van der Waals surface area (Å²) >= 11 is 0. The zero-order valence-electron chi connectivity index (χ0n) is 12.2. The van der Waals surface area contributed by atoms with Crippen molar-refractivity contribution in [3.63, 3.8) is 0 Å². The van der Waals surface area contributed by atoms with E-state index in [1.165, 1.54) is 24.9 Å². The van der Waals surface area contributed by atoms with E-state index in [1.807, 2.05) is 12.1 Å². The second-order valence-corrected chi connectivity index (χ2v) is 5.55. The van der Waals surface area contributed by atoms with Gasteiger partial charge in [0.05, 0.1) is 0 Å². The Hall–Kier alpha value is -1.26. The first-order valence-electron chi connectivity index (χ1n) is 7.70. The molecule has 1 fully saturated rings. The third kappa shape index (κ3) is 3.07. The molecule has 1 N–H and O–H groups in total. The van der Waals surface area contributed by atoms with Gasteiger partial charge in [0.15, 0.2) is 11.5 Å². The van der Waals surface area contributed by atoms with Crippen LogP contribution < -0.4 is 14.8 Å². The van der Waals surface area contributed by atoms with Gasteiger partial charge in [0.1, 0.15) is 13.2 Å². The van der Waals surface area contributed by atoms with Crippen molar-refractivity contribution in [3.05, 3.63) is 23.8 Å². The average Bonchev–Trinajstić information content (AvgIpc) is 2.53. The van der Waals surface area contributed by atoms with Crippen molar-refractivity contribution in [1.29, 1.82) is 0 Å². The largest absolute Gasteiger partial charge is 0.486 e. The van der Waals surface area contributed by atoms with Crippen LogP contribution in [0.15, 0.2) is 18.2 Å². The number of piperidine rings is 1. The molecule has 110 valence electrons. The maximum Gasteiger partial charge on any atom is 0.165 e. The SMILES string of the molecule is CCN1CCCC(NCc2cccc3c2OCCO3)C1. The molecule has 1 unspecified atom stereocenters. The fourth-order valence-corrected chi connectivity index (χ4v) is 3.04. The fraction of sp³-hybridized carbons (Fsp3) is 0.625. The summed E-state index contributed by atoms with van der Waals surface area (Å²) in [5, 5.41) is 3.68. The number of ether oxygens (including phenoxy) is 2. The second-order valence-electron chi connectivity index (χ2n) is 5.55. The molecule has 4 nitrogen and oxygen atoms in total. The van der Waals surface area contributed by atoms with Gasteiger partial charge in [-0.3, -0.25) is 0 Å². The summed E-state index contributed by atoms with van der Waals surface area (Å²) in [7, 11) is 0. The van der Waals surface area contributed by atoms with Gasteiger partial charge in [0, 0.05) is 24.7 Å². The third-order valence-electron chi connectivity index (χ3n) is 4.18. The van der Waals surface area contributed by atoms with Gasteiger partial charge in [0.2, 0.25) is 0 Å². The number of nitrogens with zero attached hydrogens (tertiary/aromatic N) is 1. The lowest BCUT2D eigenvalue weighted by atomic mass is 10.1. The minimum atomic E-state index is 0.587. The van der Waals surface area contributed by atoms with Gasteiger partial charge in [-0.25, -0.2) is 0 Å². The Morgan fingerprint density at radius 1 is 1.30 bits per heavy atom. The zero-order valence-corrected chi connectivity index (χ0v) is 12.2. The molecule has 3 rings (SSSR count). The number of likely N-dealkylation sites (tertiary alicyclic amines) is 1. The molecular formula is C16H24N2O2. The molecular weight excluding hydrogens is 252 g/mol. The number of fused-ring (bicyclic) bond motifs is 1. The number of benzene rings is 1. The van der Waals surface area contributed by atoms with E-state index in [2.05, 4.69) is 23.2 Å². The summed E-state index contributed by atoms with van der Waals surface area (Å²) in [6.45, 7) is 7.94. The van der Waals surface area contributed by atoms with Gasteiger partial charge in [-0.1, -0.05) is 19.1 Å². The Bertz CT molecular complexity index is 450. The molecule has 2 aliphatic heterocycles. The molecule has 1 saturated heterocycles. The monoisotopic (exact) mass is 276 g/mol. The van der Waals surface area contributed by atoms with Gasteiger partial charge in [-0.15, -0.1) is 0 Å². The van der Waals surface area contributed by atoms with Crippen molar-refractivity contribution in [2.24, 2.45) is 0 Å². The smallest absolute Gasteiger partial charge is 0.165 e. The number of nitrogens with one attached hydrogen (secondary N) is 1. The third-order valence-corrected chi connectivity index (χ3v) is 4.18. The highest BCUT2D eigenvalue weighted by Crippen LogP contribution is 2.33. The lowest BCUT2D eigenvalue weighted by Gasteiger charge is -2.32. The van der Waals surface area contributed by atoms with E-state index in [4.69, 9.17) is 9.47 Å². The number of hydrogen-bond acceptors (Lipinski definition) is 4. The van der Waals surface area contributed by atoms with Gasteiger partial charge in [-0.2, -0.15) is 0 Å². The van der Waals surface area contributed by atoms with Crippen LogP contribution in [0, 0.1) is 0 Å². The van der Waals surface area contributed by atoms with E-state index in [9.17, 15) is 0 Å². The van der Waals surface area contributed by atoms with Crippen molar-refractivity contribution in [3.8, 4) is 11.5 Å². The molecule has 0 aromatic heterocycles. The van der Waals surface area contributed by atoms with Gasteiger partial charge in [0.25, 0.3) is 0 Å². The van der Waals surface area contributed by atoms with Crippen LogP contribution in [-0.4, -0.2) is 43.8 Å². The van der Waals surface area contributed by atoms with Gasteiger partial charge < -0.3 is 19.7 Å². The normalized spacial score (nSPS) is 22.8. The molecule has 4 heteroatoms. The number of hydrogen-bond donors (Lipinski definition) is 1. The van der Waals surface area contributed by atoms with Crippen LogP contribution in [0.5, 0.6) is 11.5 Å². The van der Waals surface area contributed by atoms with E-state index < -0.39 is 0 Å². The standard InChI is InChI=1S/C16H24N2O2/c1-2-18-8-4-6-14(12-18)17-11-13-5-3-7-15-16(13)20-10-9-19-15/h3,5,7,14,17H,2,4,6,8-12H2,1H3. The van der Waals surface area contributed by atoms with Crippen molar-refractivity contribution in [2.75, 3.05) is 32.8 Å². The summed E-state index contributed by atoms with van der Waals surface area (Å²) in [4.78, 5) is 2.52. The van der Waals surface area contributed by atoms with E-state index in [-0.39, 0.29) is 0 Å². The molecule has 0 bridgehead atoms. The maximum absolute atomic E-state index is 5.76. The Morgan fingerprint density at radius 2 is 2.20 bits per heavy atom. The first kappa shape index (κ1) is 13.7. The molecule has 0 radical (unpaired) electrons. The molecule has 0 amide bonds. The summed E-state index contributed by atoms with van der Waals surface area (Å²) in [5.74, 6) is 1.81. The first-order valence-corrected chi connectivity index (χ1v) is 7.70. The van der Waals surface area contributed by atoms with E-state index in [0.29, 0.717) is 19.3 Å². The minimum absolute atomic E-state index is 0.587. The maximum atomic E-state index is 5.76. The number of rotatable bonds is 4. The summed E-state index contributed by atoms with van der Waals surface area (Å²) in [6, 6.07) is 6.74. The van der Waals surface area contributed by atoms with Crippen LogP contribution in [0.1, 0.15) is 25.3 Å². The fourth-order valence-electron chi connectivity index (χ4n) is 3.04. The van der Waals surface area contributed by atoms with Crippen LogP contribution in [0.4, 0.5) is 0 Å². The Labute approximate surface area is 121 Å². The Kier molecular flexibility index (Phi) is 4.43. The second kappa shape index (κ2) is 6.46. The van der Waals surface area contributed by atoms with Crippen LogP contribution in [0.3, 0.4) is 0 Å². The molecule has 0 spiro atoms. The van der Waals surface area contributed by atoms with Gasteiger partial charge in [-0.05, 0) is 32.0 Å². The predicted octanol–water partition coefficient (Wildman–Crippen LogP) is 2.03. The molecule has 2 aliphatic rings. The highest BCUT2D eigenvalue weighted by molar-refractivity contribution is 5.47. The highest BCUT2D eigenvalue weighted by atomic mass is 16.6. The van der Waals surface area contributed by atoms with Crippen LogP contribution in [0.25, 0.3) is 0 Å². The van der Waals surface area contributed by atoms with E-state index in [0.717, 1.165) is 31.1 Å². The van der Waals surface area contributed by atoms with Crippen LogP contribution in [0.2, 0.25) is 0 Å². The number of likely N-dealkylation sites (N-methyl/N-ethyl adjacent to an activating group) is 1. The molecule has 20 heavy (non-hydrogen) atoms. The van der Waals surface area contributed by atoms with Crippen molar-refractivity contribution >= 4 is 0 Å². The van der Waals surface area contributed by atoms with E-state index >= 15 is 0 Å². The topological polar surface area (TPSA) is 33.7 Å². The minimum Gasteiger partial charge on any atom is -0.486 e. The Balaban J connectivity index is 1.61. The molecule has 0 aliphatic carbocycles. The van der Waals surface area contributed by atoms with E-state index in [1.54, 1.807) is 0 Å². The van der Waals surface area contributed by atoms with Crippen molar-refractivity contribution in [2.45, 2.75) is 32.4 Å². The molecule has 1 aromatic carbocycles. The highest BCUT2D eigenvalue weighted by Gasteiger charge is 2.20. The van der Waals surface area contributed by atoms with Crippen LogP contribution in [-0.2, 0) is 6.54 Å². The first-order chi connectivity index (χ1) is 9.86. The summed E-state index contributed by atoms with van der Waals surface area (Å²) in [5.41, 5.74) is 1.20. The lowest BCUT2D eigenvalue weighted by Crippen LogP contribution is -2.45. The van der Waals surface area contributed by atoms with Crippen molar-refractivity contribution in [1.82, 2.24) is 10.2 Å². The molecule has 1 aromatic rings. The van der Waals surface area contributed by atoms with Crippen molar-refractivity contribution < 1.29 is 9.47 Å². The number of para-hydroxylation sites is 1. The molecule has 0 saturated carbocycles. The Morgan fingerprint density at radius 3 is 3.10 bits per heavy atom. The summed E-state index contributed by atoms with van der Waals surface area (Å²) in [6.07, 6.45) is 2.56. The predicted molar refractivity (Wildman–Crippen MR) is 79.4 cm³/mol. The zero-order chi connectivity index (χ0) is 13.8. The summed E-state index contributed by atoms with van der Waals surface area (Å²) < 4.78 is 11.4. The average molecular weight is 276 g/mol.